The van der Waals surface area contributed by atoms with Gasteiger partial charge < -0.3 is 10.4 Å². The van der Waals surface area contributed by atoms with Crippen molar-refractivity contribution in [1.29, 1.82) is 0 Å². The Bertz CT molecular complexity index is 681. The zero-order valence-electron chi connectivity index (χ0n) is 12.0. The van der Waals surface area contributed by atoms with Crippen molar-refractivity contribution in [1.82, 2.24) is 15.3 Å². The number of carboxylic acids is 1. The lowest BCUT2D eigenvalue weighted by Gasteiger charge is -2.28. The number of nitrogens with one attached hydrogen (secondary N) is 1. The van der Waals surface area contributed by atoms with Crippen molar-refractivity contribution in [3.8, 4) is 0 Å². The molecule has 0 aliphatic rings. The molecule has 1 aromatic heterocycles. The Labute approximate surface area is 122 Å². The highest BCUT2D eigenvalue weighted by Gasteiger charge is 2.36. The highest BCUT2D eigenvalue weighted by Crippen LogP contribution is 2.18. The smallest absolute Gasteiger partial charge is 0.329 e. The lowest BCUT2D eigenvalue weighted by atomic mass is 9.92. The van der Waals surface area contributed by atoms with Gasteiger partial charge in [0.05, 0.1) is 11.0 Å². The SMILES string of the molecule is CCC(CC)(NC(=O)c1ccc2nccnc2c1)C(=O)O. The molecule has 110 valence electrons. The van der Waals surface area contributed by atoms with E-state index in [0.29, 0.717) is 29.4 Å². The van der Waals surface area contributed by atoms with Crippen LogP contribution in [-0.4, -0.2) is 32.5 Å². The molecule has 6 heteroatoms. The molecule has 0 bridgehead atoms. The van der Waals surface area contributed by atoms with E-state index in [1.54, 1.807) is 44.4 Å². The van der Waals surface area contributed by atoms with Gasteiger partial charge in [0, 0.05) is 18.0 Å². The summed E-state index contributed by atoms with van der Waals surface area (Å²) in [6.45, 7) is 3.48. The number of carbonyl (C=O) groups is 2. The molecule has 0 radical (unpaired) electrons. The van der Waals surface area contributed by atoms with Crippen LogP contribution in [0.1, 0.15) is 37.0 Å². The number of carboxylic acid groups (broad SMARTS) is 1. The van der Waals surface area contributed by atoms with Crippen LogP contribution in [0.2, 0.25) is 0 Å². The van der Waals surface area contributed by atoms with Gasteiger partial charge in [-0.1, -0.05) is 13.8 Å². The van der Waals surface area contributed by atoms with Gasteiger partial charge in [0.2, 0.25) is 0 Å². The third kappa shape index (κ3) is 2.84. The second-order valence-corrected chi connectivity index (χ2v) is 4.81. The first-order chi connectivity index (χ1) is 10.0. The Morgan fingerprint density at radius 3 is 2.33 bits per heavy atom. The fourth-order valence-electron chi connectivity index (χ4n) is 2.18. The molecule has 0 fully saturated rings. The van der Waals surface area contributed by atoms with Gasteiger partial charge in [-0.05, 0) is 31.0 Å². The van der Waals surface area contributed by atoms with E-state index >= 15 is 0 Å². The minimum atomic E-state index is -1.24. The molecule has 0 aliphatic carbocycles. The number of hydrogen-bond donors (Lipinski definition) is 2. The molecule has 0 unspecified atom stereocenters. The van der Waals surface area contributed by atoms with Crippen LogP contribution in [0.5, 0.6) is 0 Å². The Balaban J connectivity index is 2.31. The summed E-state index contributed by atoms with van der Waals surface area (Å²) in [4.78, 5) is 32.0. The van der Waals surface area contributed by atoms with Crippen molar-refractivity contribution in [3.63, 3.8) is 0 Å². The zero-order chi connectivity index (χ0) is 15.5. The van der Waals surface area contributed by atoms with E-state index < -0.39 is 17.4 Å². The predicted molar refractivity (Wildman–Crippen MR) is 78.0 cm³/mol. The average Bonchev–Trinajstić information content (AvgIpc) is 2.51. The molecular formula is C15H17N3O3. The number of hydrogen-bond acceptors (Lipinski definition) is 4. The molecular weight excluding hydrogens is 270 g/mol. The standard InChI is InChI=1S/C15H17N3O3/c1-3-15(4-2,14(20)21)18-13(19)10-5-6-11-12(9-10)17-8-7-16-11/h5-9H,3-4H2,1-2H3,(H,18,19)(H,20,21). The highest BCUT2D eigenvalue weighted by atomic mass is 16.4. The molecule has 21 heavy (non-hydrogen) atoms. The Hall–Kier alpha value is -2.50. The highest BCUT2D eigenvalue weighted by molar-refractivity contribution is 6.00. The van der Waals surface area contributed by atoms with Crippen molar-refractivity contribution in [2.75, 3.05) is 0 Å². The first-order valence-corrected chi connectivity index (χ1v) is 6.79. The summed E-state index contributed by atoms with van der Waals surface area (Å²) in [6, 6.07) is 4.91. The van der Waals surface area contributed by atoms with Gasteiger partial charge in [0.15, 0.2) is 0 Å². The Morgan fingerprint density at radius 1 is 1.14 bits per heavy atom. The largest absolute Gasteiger partial charge is 0.480 e. The number of rotatable bonds is 5. The van der Waals surface area contributed by atoms with E-state index in [0.717, 1.165) is 0 Å². The van der Waals surface area contributed by atoms with Crippen molar-refractivity contribution in [3.05, 3.63) is 36.2 Å². The second kappa shape index (κ2) is 5.87. The van der Waals surface area contributed by atoms with E-state index in [1.807, 2.05) is 0 Å². The van der Waals surface area contributed by atoms with Crippen LogP contribution in [0.25, 0.3) is 11.0 Å². The van der Waals surface area contributed by atoms with E-state index in [9.17, 15) is 14.7 Å². The van der Waals surface area contributed by atoms with E-state index in [2.05, 4.69) is 15.3 Å². The first kappa shape index (κ1) is 14.9. The summed E-state index contributed by atoms with van der Waals surface area (Å²) < 4.78 is 0. The summed E-state index contributed by atoms with van der Waals surface area (Å²) in [5, 5.41) is 12.0. The number of fused-ring (bicyclic) bond motifs is 1. The molecule has 2 rings (SSSR count). The third-order valence-electron chi connectivity index (χ3n) is 3.70. The van der Waals surface area contributed by atoms with Crippen LogP contribution in [0.4, 0.5) is 0 Å². The van der Waals surface area contributed by atoms with Gasteiger partial charge in [-0.3, -0.25) is 14.8 Å². The molecule has 0 saturated carbocycles. The molecule has 1 aromatic carbocycles. The maximum absolute atomic E-state index is 12.3. The molecule has 0 aliphatic heterocycles. The van der Waals surface area contributed by atoms with Crippen molar-refractivity contribution >= 4 is 22.9 Å². The molecule has 1 amide bonds. The quantitative estimate of drug-likeness (QED) is 0.877. The van der Waals surface area contributed by atoms with Gasteiger partial charge >= 0.3 is 5.97 Å². The van der Waals surface area contributed by atoms with Crippen LogP contribution in [-0.2, 0) is 4.79 Å². The van der Waals surface area contributed by atoms with E-state index in [1.165, 1.54) is 0 Å². The molecule has 2 N–H and O–H groups in total. The summed E-state index contributed by atoms with van der Waals surface area (Å²) in [5.41, 5.74) is 0.410. The second-order valence-electron chi connectivity index (χ2n) is 4.81. The topological polar surface area (TPSA) is 92.2 Å². The maximum Gasteiger partial charge on any atom is 0.329 e. The van der Waals surface area contributed by atoms with Crippen LogP contribution >= 0.6 is 0 Å². The summed E-state index contributed by atoms with van der Waals surface area (Å²) >= 11 is 0. The van der Waals surface area contributed by atoms with E-state index in [4.69, 9.17) is 0 Å². The number of amides is 1. The van der Waals surface area contributed by atoms with Gasteiger partial charge in [0.1, 0.15) is 5.54 Å². The van der Waals surface area contributed by atoms with Gasteiger partial charge in [0.25, 0.3) is 5.91 Å². The molecule has 0 saturated heterocycles. The van der Waals surface area contributed by atoms with Gasteiger partial charge in [-0.25, -0.2) is 4.79 Å². The normalized spacial score (nSPS) is 11.3. The number of carbonyl (C=O) groups excluding carboxylic acids is 1. The minimum absolute atomic E-state index is 0.317. The van der Waals surface area contributed by atoms with Crippen LogP contribution < -0.4 is 5.32 Å². The molecule has 0 atom stereocenters. The third-order valence-corrected chi connectivity index (χ3v) is 3.70. The predicted octanol–water partition coefficient (Wildman–Crippen LogP) is 2.00. The number of benzene rings is 1. The van der Waals surface area contributed by atoms with Crippen molar-refractivity contribution in [2.24, 2.45) is 0 Å². The summed E-state index contributed by atoms with van der Waals surface area (Å²) in [7, 11) is 0. The molecule has 2 aromatic rings. The Kier molecular flexibility index (Phi) is 4.16. The van der Waals surface area contributed by atoms with Crippen molar-refractivity contribution in [2.45, 2.75) is 32.2 Å². The Morgan fingerprint density at radius 2 is 1.76 bits per heavy atom. The number of aliphatic carboxylic acids is 1. The lowest BCUT2D eigenvalue weighted by molar-refractivity contribution is -0.144. The monoisotopic (exact) mass is 287 g/mol. The summed E-state index contributed by atoms with van der Waals surface area (Å²) in [5.74, 6) is -1.45. The lowest BCUT2D eigenvalue weighted by Crippen LogP contribution is -2.53. The maximum atomic E-state index is 12.3. The zero-order valence-corrected chi connectivity index (χ0v) is 12.0. The fourth-order valence-corrected chi connectivity index (χ4v) is 2.18. The number of aromatic nitrogens is 2. The first-order valence-electron chi connectivity index (χ1n) is 6.79. The molecule has 0 spiro atoms. The van der Waals surface area contributed by atoms with Crippen LogP contribution in [0.3, 0.4) is 0 Å². The summed E-state index contributed by atoms with van der Waals surface area (Å²) in [6.07, 6.45) is 3.76. The fraction of sp³-hybridized carbons (Fsp3) is 0.333. The van der Waals surface area contributed by atoms with E-state index in [-0.39, 0.29) is 0 Å². The van der Waals surface area contributed by atoms with Crippen molar-refractivity contribution < 1.29 is 14.7 Å². The minimum Gasteiger partial charge on any atom is -0.480 e. The molecule has 1 heterocycles. The van der Waals surface area contributed by atoms with Gasteiger partial charge in [-0.15, -0.1) is 0 Å². The van der Waals surface area contributed by atoms with Gasteiger partial charge in [-0.2, -0.15) is 0 Å². The number of nitrogens with zero attached hydrogens (tertiary/aromatic N) is 2. The van der Waals surface area contributed by atoms with Crippen LogP contribution in [0.15, 0.2) is 30.6 Å². The van der Waals surface area contributed by atoms with Crippen LogP contribution in [0, 0.1) is 0 Å². The average molecular weight is 287 g/mol. The molecule has 6 nitrogen and oxygen atoms in total.